The fourth-order valence-electron chi connectivity index (χ4n) is 5.51. The quantitative estimate of drug-likeness (QED) is 0.695. The van der Waals surface area contributed by atoms with E-state index in [1.807, 2.05) is 18.6 Å². The van der Waals surface area contributed by atoms with Crippen molar-refractivity contribution in [3.63, 3.8) is 0 Å². The number of imidazole rings is 1. The van der Waals surface area contributed by atoms with Crippen LogP contribution in [-0.4, -0.2) is 52.4 Å². The molecule has 0 saturated carbocycles. The Hall–Kier alpha value is -2.77. The molecule has 31 heavy (non-hydrogen) atoms. The Labute approximate surface area is 182 Å². The van der Waals surface area contributed by atoms with E-state index in [4.69, 9.17) is 20.4 Å². The van der Waals surface area contributed by atoms with Gasteiger partial charge in [0.05, 0.1) is 24.9 Å². The number of nitrogens with zero attached hydrogens (tertiary/aromatic N) is 5. The summed E-state index contributed by atoms with van der Waals surface area (Å²) in [5.74, 6) is 0.965. The Morgan fingerprint density at radius 1 is 1.23 bits per heavy atom. The van der Waals surface area contributed by atoms with Crippen molar-refractivity contribution in [3.8, 4) is 11.1 Å². The zero-order valence-corrected chi connectivity index (χ0v) is 18.1. The van der Waals surface area contributed by atoms with Gasteiger partial charge in [0.15, 0.2) is 0 Å². The maximum atomic E-state index is 6.51. The van der Waals surface area contributed by atoms with Crippen LogP contribution in [0, 0.1) is 12.3 Å². The van der Waals surface area contributed by atoms with Gasteiger partial charge in [-0.3, -0.25) is 9.39 Å². The summed E-state index contributed by atoms with van der Waals surface area (Å²) in [5.41, 5.74) is 13.3. The summed E-state index contributed by atoms with van der Waals surface area (Å²) < 4.78 is 8.02. The van der Waals surface area contributed by atoms with E-state index in [1.165, 1.54) is 11.1 Å². The zero-order chi connectivity index (χ0) is 21.2. The topological polar surface area (TPSA) is 81.0 Å². The van der Waals surface area contributed by atoms with Crippen LogP contribution in [0.5, 0.6) is 0 Å². The second-order valence-corrected chi connectivity index (χ2v) is 9.27. The number of fused-ring (bicyclic) bond motifs is 2. The fraction of sp³-hybridized carbons (Fsp3) is 0.458. The van der Waals surface area contributed by atoms with Crippen LogP contribution in [0.4, 0.5) is 5.95 Å². The summed E-state index contributed by atoms with van der Waals surface area (Å²) in [6.07, 6.45) is 8.05. The normalized spacial score (nSPS) is 24.4. The minimum Gasteiger partial charge on any atom is -0.376 e. The smallest absolute Gasteiger partial charge is 0.211 e. The Bertz CT molecular complexity index is 1190. The van der Waals surface area contributed by atoms with Crippen molar-refractivity contribution in [2.45, 2.75) is 45.4 Å². The Kier molecular flexibility index (Phi) is 4.20. The molecule has 0 bridgehead atoms. The lowest BCUT2D eigenvalue weighted by Gasteiger charge is -2.41. The molecule has 3 aromatic rings. The zero-order valence-electron chi connectivity index (χ0n) is 18.1. The van der Waals surface area contributed by atoms with Crippen molar-refractivity contribution in [1.29, 1.82) is 0 Å². The van der Waals surface area contributed by atoms with Crippen LogP contribution in [0.1, 0.15) is 36.6 Å². The van der Waals surface area contributed by atoms with Crippen LogP contribution in [0.3, 0.4) is 0 Å². The summed E-state index contributed by atoms with van der Waals surface area (Å²) in [6.45, 7) is 7.58. The van der Waals surface area contributed by atoms with Gasteiger partial charge in [-0.1, -0.05) is 12.1 Å². The molecule has 0 aliphatic carbocycles. The molecular weight excluding hydrogens is 388 g/mol. The molecule has 2 N–H and O–H groups in total. The van der Waals surface area contributed by atoms with E-state index in [0.29, 0.717) is 0 Å². The maximum absolute atomic E-state index is 6.51. The molecular formula is C24H28N6O. The third-order valence-corrected chi connectivity index (χ3v) is 7.52. The van der Waals surface area contributed by atoms with Crippen molar-refractivity contribution < 1.29 is 4.74 Å². The highest BCUT2D eigenvalue weighted by molar-refractivity contribution is 5.89. The average molecular weight is 417 g/mol. The van der Waals surface area contributed by atoms with Gasteiger partial charge in [-0.05, 0) is 49.4 Å². The first-order valence-electron chi connectivity index (χ1n) is 11.1. The van der Waals surface area contributed by atoms with Crippen molar-refractivity contribution in [3.05, 3.63) is 47.4 Å². The number of rotatable bonds is 2. The van der Waals surface area contributed by atoms with Crippen molar-refractivity contribution in [2.75, 3.05) is 24.6 Å². The molecule has 7 heteroatoms. The summed E-state index contributed by atoms with van der Waals surface area (Å²) in [5, 5.41) is 0. The van der Waals surface area contributed by atoms with Crippen molar-refractivity contribution in [1.82, 2.24) is 14.4 Å². The lowest BCUT2D eigenvalue weighted by molar-refractivity contribution is 0.0973. The van der Waals surface area contributed by atoms with E-state index in [1.54, 1.807) is 0 Å². The van der Waals surface area contributed by atoms with Crippen molar-refractivity contribution >= 4 is 17.8 Å². The van der Waals surface area contributed by atoms with Crippen LogP contribution in [-0.2, 0) is 11.3 Å². The van der Waals surface area contributed by atoms with E-state index >= 15 is 0 Å². The van der Waals surface area contributed by atoms with Crippen molar-refractivity contribution in [2.24, 2.45) is 16.1 Å². The molecule has 2 atom stereocenters. The maximum Gasteiger partial charge on any atom is 0.211 e. The molecule has 0 unspecified atom stereocenters. The number of aryl methyl sites for hydroxylation is 1. The van der Waals surface area contributed by atoms with E-state index in [2.05, 4.69) is 46.3 Å². The van der Waals surface area contributed by atoms with E-state index < -0.39 is 0 Å². The molecule has 2 aromatic heterocycles. The number of hydrogen-bond acceptors (Lipinski definition) is 6. The van der Waals surface area contributed by atoms with Gasteiger partial charge in [0.2, 0.25) is 5.95 Å². The summed E-state index contributed by atoms with van der Waals surface area (Å²) in [7, 11) is 0. The van der Waals surface area contributed by atoms with Gasteiger partial charge in [0.1, 0.15) is 5.65 Å². The largest absolute Gasteiger partial charge is 0.376 e. The molecule has 3 aliphatic heterocycles. The van der Waals surface area contributed by atoms with E-state index in [-0.39, 0.29) is 17.6 Å². The van der Waals surface area contributed by atoms with Crippen LogP contribution in [0.2, 0.25) is 0 Å². The molecule has 160 valence electrons. The van der Waals surface area contributed by atoms with Crippen LogP contribution in [0.15, 0.2) is 35.6 Å². The average Bonchev–Trinajstić information content (AvgIpc) is 3.50. The molecule has 1 spiro atoms. The predicted molar refractivity (Wildman–Crippen MR) is 122 cm³/mol. The first-order valence-corrected chi connectivity index (χ1v) is 11.1. The van der Waals surface area contributed by atoms with Gasteiger partial charge in [-0.15, -0.1) is 0 Å². The number of aromatic nitrogens is 3. The second kappa shape index (κ2) is 6.87. The number of benzene rings is 1. The molecule has 6 rings (SSSR count). The number of anilines is 1. The second-order valence-electron chi connectivity index (χ2n) is 9.27. The van der Waals surface area contributed by atoms with Gasteiger partial charge in [0.25, 0.3) is 0 Å². The molecule has 0 radical (unpaired) electrons. The molecule has 0 amide bonds. The molecule has 2 fully saturated rings. The summed E-state index contributed by atoms with van der Waals surface area (Å²) >= 11 is 0. The van der Waals surface area contributed by atoms with Gasteiger partial charge in [-0.2, -0.15) is 0 Å². The van der Waals surface area contributed by atoms with Gasteiger partial charge < -0.3 is 15.4 Å². The molecule has 1 aromatic carbocycles. The fourth-order valence-corrected chi connectivity index (χ4v) is 5.51. The van der Waals surface area contributed by atoms with Crippen LogP contribution < -0.4 is 10.6 Å². The Balaban J connectivity index is 1.36. The lowest BCUT2D eigenvalue weighted by Crippen LogP contribution is -2.51. The standard InChI is InChI=1S/C24H28N6O/c1-15-20(17-3-4-18-12-26-13-19(18)11-17)22-27-7-10-30(22)23(28-15)29-8-5-24(6-9-29)14-31-16(2)21(24)25/h3-4,7,10-11,13,16,21H,5-6,8-9,12,14,25H2,1-2H3/t16-,21+/m0/s1. The first kappa shape index (κ1) is 19.0. The Morgan fingerprint density at radius 2 is 2.06 bits per heavy atom. The van der Waals surface area contributed by atoms with Gasteiger partial charge >= 0.3 is 0 Å². The third kappa shape index (κ3) is 2.83. The Morgan fingerprint density at radius 3 is 2.84 bits per heavy atom. The highest BCUT2D eigenvalue weighted by Crippen LogP contribution is 2.42. The van der Waals surface area contributed by atoms with E-state index in [0.717, 1.165) is 67.5 Å². The molecule has 3 aliphatic rings. The predicted octanol–water partition coefficient (Wildman–Crippen LogP) is 2.97. The lowest BCUT2D eigenvalue weighted by atomic mass is 9.73. The van der Waals surface area contributed by atoms with Gasteiger partial charge in [-0.25, -0.2) is 9.97 Å². The number of aliphatic imine (C=N–C) groups is 1. The monoisotopic (exact) mass is 416 g/mol. The SMILES string of the molecule is Cc1nc(N2CCC3(CC2)CO[C@@H](C)[C@H]3N)n2ccnc2c1-c1ccc2c(c1)C=NC2. The summed E-state index contributed by atoms with van der Waals surface area (Å²) in [4.78, 5) is 16.6. The number of nitrogens with two attached hydrogens (primary N) is 1. The number of ether oxygens (including phenoxy) is 1. The highest BCUT2D eigenvalue weighted by atomic mass is 16.5. The first-order chi connectivity index (χ1) is 15.1. The molecule has 5 heterocycles. The minimum absolute atomic E-state index is 0.102. The number of hydrogen-bond donors (Lipinski definition) is 1. The molecule has 2 saturated heterocycles. The highest BCUT2D eigenvalue weighted by Gasteiger charge is 2.47. The number of piperidine rings is 1. The third-order valence-electron chi connectivity index (χ3n) is 7.52. The van der Waals surface area contributed by atoms with Crippen LogP contribution in [0.25, 0.3) is 16.8 Å². The van der Waals surface area contributed by atoms with Crippen LogP contribution >= 0.6 is 0 Å². The van der Waals surface area contributed by atoms with E-state index in [9.17, 15) is 0 Å². The summed E-state index contributed by atoms with van der Waals surface area (Å²) in [6, 6.07) is 6.65. The molecule has 7 nitrogen and oxygen atoms in total. The minimum atomic E-state index is 0.102. The van der Waals surface area contributed by atoms with Gasteiger partial charge in [0, 0.05) is 48.7 Å².